The lowest BCUT2D eigenvalue weighted by atomic mass is 9.87. The van der Waals surface area contributed by atoms with Crippen LogP contribution < -0.4 is 5.32 Å². The Kier molecular flexibility index (Phi) is 3.87. The van der Waals surface area contributed by atoms with Crippen LogP contribution in [0.3, 0.4) is 0 Å². The number of hydrogen-bond acceptors (Lipinski definition) is 2. The van der Waals surface area contributed by atoms with Gasteiger partial charge in [0.25, 0.3) is 0 Å². The van der Waals surface area contributed by atoms with Crippen molar-refractivity contribution >= 4 is 0 Å². The van der Waals surface area contributed by atoms with Gasteiger partial charge >= 0.3 is 0 Å². The van der Waals surface area contributed by atoms with Crippen LogP contribution in [0.1, 0.15) is 39.2 Å². The standard InChI is InChI=1S/C18H28N2/c1-14(2)17-12-20(11-15-7-5-4-6-8-15)18(3,13-19-17)16-9-10-16/h4-8,14,16-17,19H,9-13H2,1-3H3. The molecule has 2 atom stereocenters. The lowest BCUT2D eigenvalue weighted by Crippen LogP contribution is -2.65. The van der Waals surface area contributed by atoms with E-state index in [1.807, 2.05) is 0 Å². The van der Waals surface area contributed by atoms with Gasteiger partial charge in [0.1, 0.15) is 0 Å². The first-order valence-corrected chi connectivity index (χ1v) is 8.12. The molecule has 1 saturated heterocycles. The number of nitrogens with zero attached hydrogens (tertiary/aromatic N) is 1. The van der Waals surface area contributed by atoms with Gasteiger partial charge in [0.15, 0.2) is 0 Å². The molecule has 1 heterocycles. The second-order valence-electron chi connectivity index (χ2n) is 7.23. The summed E-state index contributed by atoms with van der Waals surface area (Å²) in [5.74, 6) is 1.60. The largest absolute Gasteiger partial charge is 0.311 e. The van der Waals surface area contributed by atoms with E-state index in [2.05, 4.69) is 61.3 Å². The summed E-state index contributed by atoms with van der Waals surface area (Å²) in [5.41, 5.74) is 1.80. The summed E-state index contributed by atoms with van der Waals surface area (Å²) in [6, 6.07) is 11.6. The van der Waals surface area contributed by atoms with E-state index >= 15 is 0 Å². The molecule has 0 spiro atoms. The van der Waals surface area contributed by atoms with Crippen LogP contribution in [0, 0.1) is 11.8 Å². The van der Waals surface area contributed by atoms with Crippen LogP contribution in [0.25, 0.3) is 0 Å². The molecular formula is C18H28N2. The minimum absolute atomic E-state index is 0.348. The number of hydrogen-bond donors (Lipinski definition) is 1. The van der Waals surface area contributed by atoms with Crippen molar-refractivity contribution in [3.8, 4) is 0 Å². The number of piperazine rings is 1. The maximum absolute atomic E-state index is 3.80. The second-order valence-corrected chi connectivity index (χ2v) is 7.23. The minimum Gasteiger partial charge on any atom is -0.311 e. The Balaban J connectivity index is 1.78. The summed E-state index contributed by atoms with van der Waals surface area (Å²) in [6.07, 6.45) is 2.83. The van der Waals surface area contributed by atoms with Crippen molar-refractivity contribution in [2.75, 3.05) is 13.1 Å². The SMILES string of the molecule is CC(C)C1CN(Cc2ccccc2)C(C)(C2CC2)CN1. The molecule has 2 unspecified atom stereocenters. The molecule has 20 heavy (non-hydrogen) atoms. The molecule has 2 fully saturated rings. The highest BCUT2D eigenvalue weighted by Gasteiger charge is 2.48. The van der Waals surface area contributed by atoms with Gasteiger partial charge in [0, 0.05) is 31.2 Å². The molecule has 0 aromatic heterocycles. The fraction of sp³-hybridized carbons (Fsp3) is 0.667. The van der Waals surface area contributed by atoms with Crippen LogP contribution in [0.5, 0.6) is 0 Å². The van der Waals surface area contributed by atoms with E-state index in [9.17, 15) is 0 Å². The predicted octanol–water partition coefficient (Wildman–Crippen LogP) is 3.29. The summed E-state index contributed by atoms with van der Waals surface area (Å²) in [6.45, 7) is 10.6. The van der Waals surface area contributed by atoms with Crippen molar-refractivity contribution in [1.82, 2.24) is 10.2 Å². The average molecular weight is 272 g/mol. The van der Waals surface area contributed by atoms with Crippen LogP contribution in [-0.2, 0) is 6.54 Å². The van der Waals surface area contributed by atoms with Gasteiger partial charge in [0.05, 0.1) is 0 Å². The zero-order valence-corrected chi connectivity index (χ0v) is 13.1. The molecule has 2 aliphatic rings. The van der Waals surface area contributed by atoms with Crippen LogP contribution >= 0.6 is 0 Å². The fourth-order valence-electron chi connectivity index (χ4n) is 3.56. The van der Waals surface area contributed by atoms with Gasteiger partial charge in [-0.05, 0) is 37.2 Å². The van der Waals surface area contributed by atoms with Gasteiger partial charge in [-0.25, -0.2) is 0 Å². The van der Waals surface area contributed by atoms with Crippen LogP contribution in [0.15, 0.2) is 30.3 Å². The number of rotatable bonds is 4. The van der Waals surface area contributed by atoms with Gasteiger partial charge in [-0.1, -0.05) is 44.2 Å². The average Bonchev–Trinajstić information content (AvgIpc) is 3.27. The van der Waals surface area contributed by atoms with Gasteiger partial charge in [-0.15, -0.1) is 0 Å². The molecule has 1 aromatic carbocycles. The maximum atomic E-state index is 3.80. The second kappa shape index (κ2) is 5.50. The Morgan fingerprint density at radius 3 is 2.55 bits per heavy atom. The molecule has 2 nitrogen and oxygen atoms in total. The Bertz CT molecular complexity index is 438. The quantitative estimate of drug-likeness (QED) is 0.905. The first kappa shape index (κ1) is 14.1. The molecule has 1 aromatic rings. The molecule has 0 bridgehead atoms. The summed E-state index contributed by atoms with van der Waals surface area (Å²) in [5, 5.41) is 3.80. The highest BCUT2D eigenvalue weighted by molar-refractivity contribution is 5.16. The van der Waals surface area contributed by atoms with Crippen molar-refractivity contribution in [3.63, 3.8) is 0 Å². The van der Waals surface area contributed by atoms with Crippen LogP contribution in [0.4, 0.5) is 0 Å². The molecule has 1 aliphatic carbocycles. The molecule has 0 radical (unpaired) electrons. The smallest absolute Gasteiger partial charge is 0.0338 e. The summed E-state index contributed by atoms with van der Waals surface area (Å²) in [4.78, 5) is 2.75. The Hall–Kier alpha value is -0.860. The fourth-order valence-corrected chi connectivity index (χ4v) is 3.56. The van der Waals surface area contributed by atoms with E-state index < -0.39 is 0 Å². The van der Waals surface area contributed by atoms with Crippen molar-refractivity contribution in [2.45, 2.75) is 51.7 Å². The molecule has 3 rings (SSSR count). The molecule has 0 amide bonds. The highest BCUT2D eigenvalue weighted by atomic mass is 15.3. The van der Waals surface area contributed by atoms with E-state index in [4.69, 9.17) is 0 Å². The van der Waals surface area contributed by atoms with E-state index in [1.165, 1.54) is 24.9 Å². The third-order valence-electron chi connectivity index (χ3n) is 5.34. The summed E-state index contributed by atoms with van der Waals surface area (Å²) >= 11 is 0. The number of benzene rings is 1. The Morgan fingerprint density at radius 1 is 1.25 bits per heavy atom. The van der Waals surface area contributed by atoms with E-state index in [0.717, 1.165) is 19.0 Å². The maximum Gasteiger partial charge on any atom is 0.0338 e. The Morgan fingerprint density at radius 2 is 1.95 bits per heavy atom. The van der Waals surface area contributed by atoms with Gasteiger partial charge in [-0.3, -0.25) is 4.90 Å². The Labute approximate surface area is 123 Å². The zero-order chi connectivity index (χ0) is 14.2. The first-order chi connectivity index (χ1) is 9.59. The molecular weight excluding hydrogens is 244 g/mol. The third-order valence-corrected chi connectivity index (χ3v) is 5.34. The van der Waals surface area contributed by atoms with E-state index in [1.54, 1.807) is 0 Å². The van der Waals surface area contributed by atoms with Gasteiger partial charge in [-0.2, -0.15) is 0 Å². The lowest BCUT2D eigenvalue weighted by Gasteiger charge is -2.49. The summed E-state index contributed by atoms with van der Waals surface area (Å²) < 4.78 is 0. The van der Waals surface area contributed by atoms with Gasteiger partial charge < -0.3 is 5.32 Å². The molecule has 1 N–H and O–H groups in total. The number of nitrogens with one attached hydrogen (secondary N) is 1. The molecule has 110 valence electrons. The predicted molar refractivity (Wildman–Crippen MR) is 84.6 cm³/mol. The first-order valence-electron chi connectivity index (χ1n) is 8.12. The third kappa shape index (κ3) is 2.77. The normalized spacial score (nSPS) is 31.7. The van der Waals surface area contributed by atoms with E-state index in [0.29, 0.717) is 17.5 Å². The van der Waals surface area contributed by atoms with Crippen molar-refractivity contribution in [1.29, 1.82) is 0 Å². The van der Waals surface area contributed by atoms with E-state index in [-0.39, 0.29) is 0 Å². The summed E-state index contributed by atoms with van der Waals surface area (Å²) in [7, 11) is 0. The monoisotopic (exact) mass is 272 g/mol. The molecule has 1 aliphatic heterocycles. The van der Waals surface area contributed by atoms with Gasteiger partial charge in [0.2, 0.25) is 0 Å². The molecule has 1 saturated carbocycles. The van der Waals surface area contributed by atoms with Crippen LogP contribution in [-0.4, -0.2) is 29.6 Å². The lowest BCUT2D eigenvalue weighted by molar-refractivity contribution is 0.0186. The molecule has 2 heteroatoms. The topological polar surface area (TPSA) is 15.3 Å². The minimum atomic E-state index is 0.348. The van der Waals surface area contributed by atoms with Crippen molar-refractivity contribution in [2.24, 2.45) is 11.8 Å². The van der Waals surface area contributed by atoms with Crippen LogP contribution in [0.2, 0.25) is 0 Å². The zero-order valence-electron chi connectivity index (χ0n) is 13.1. The van der Waals surface area contributed by atoms with Crippen molar-refractivity contribution < 1.29 is 0 Å². The van der Waals surface area contributed by atoms with Crippen molar-refractivity contribution in [3.05, 3.63) is 35.9 Å². The highest BCUT2D eigenvalue weighted by Crippen LogP contribution is 2.44.